The second kappa shape index (κ2) is 10.3. The number of ether oxygens (including phenoxy) is 3. The van der Waals surface area contributed by atoms with Crippen LogP contribution in [0.5, 0.6) is 17.2 Å². The summed E-state index contributed by atoms with van der Waals surface area (Å²) in [5.41, 5.74) is 3.25. The molecular weight excluding hydrogens is 342 g/mol. The predicted molar refractivity (Wildman–Crippen MR) is 109 cm³/mol. The molecule has 2 rings (SSSR count). The maximum absolute atomic E-state index is 5.74. The smallest absolute Gasteiger partial charge is 0.191 e. The molecule has 0 fully saturated rings. The molecule has 27 heavy (non-hydrogen) atoms. The number of methoxy groups -OCH3 is 2. The Labute approximate surface area is 161 Å². The summed E-state index contributed by atoms with van der Waals surface area (Å²) in [7, 11) is 5.02. The minimum atomic E-state index is 0.562. The number of para-hydroxylation sites is 1. The van der Waals surface area contributed by atoms with Crippen LogP contribution < -0.4 is 24.8 Å². The first kappa shape index (κ1) is 20.4. The maximum atomic E-state index is 5.74. The summed E-state index contributed by atoms with van der Waals surface area (Å²) in [6.45, 7) is 5.86. The third kappa shape index (κ3) is 5.54. The molecule has 0 unspecified atom stereocenters. The van der Waals surface area contributed by atoms with Gasteiger partial charge >= 0.3 is 0 Å². The Morgan fingerprint density at radius 1 is 0.963 bits per heavy atom. The lowest BCUT2D eigenvalue weighted by Gasteiger charge is -2.16. The van der Waals surface area contributed by atoms with Crippen LogP contribution in [0.2, 0.25) is 0 Å². The molecule has 0 heterocycles. The van der Waals surface area contributed by atoms with Gasteiger partial charge in [-0.1, -0.05) is 24.3 Å². The minimum Gasteiger partial charge on any atom is -0.494 e. The third-order valence-corrected chi connectivity index (χ3v) is 4.12. The number of benzene rings is 2. The molecule has 6 nitrogen and oxygen atoms in total. The Balaban J connectivity index is 2.02. The van der Waals surface area contributed by atoms with E-state index in [9.17, 15) is 0 Å². The summed E-state index contributed by atoms with van der Waals surface area (Å²) in [6, 6.07) is 12.0. The topological polar surface area (TPSA) is 64.1 Å². The molecule has 0 aliphatic heterocycles. The average Bonchev–Trinajstić information content (AvgIpc) is 2.69. The van der Waals surface area contributed by atoms with Crippen molar-refractivity contribution in [2.24, 2.45) is 4.99 Å². The highest BCUT2D eigenvalue weighted by Crippen LogP contribution is 2.30. The molecule has 0 aliphatic rings. The largest absolute Gasteiger partial charge is 0.494 e. The lowest BCUT2D eigenvalue weighted by Crippen LogP contribution is -2.36. The molecule has 0 radical (unpaired) electrons. The average molecular weight is 371 g/mol. The van der Waals surface area contributed by atoms with Gasteiger partial charge < -0.3 is 24.8 Å². The molecule has 0 aliphatic carbocycles. The van der Waals surface area contributed by atoms with Gasteiger partial charge in [-0.05, 0) is 31.5 Å². The molecule has 2 N–H and O–H groups in total. The summed E-state index contributed by atoms with van der Waals surface area (Å²) in [5.74, 6) is 3.03. The number of guanidine groups is 1. The fourth-order valence-electron chi connectivity index (χ4n) is 2.77. The highest BCUT2D eigenvalue weighted by atomic mass is 16.5. The van der Waals surface area contributed by atoms with Crippen LogP contribution in [0.4, 0.5) is 0 Å². The number of nitrogens with one attached hydrogen (secondary N) is 2. The predicted octanol–water partition coefficient (Wildman–Crippen LogP) is 3.28. The van der Waals surface area contributed by atoms with Crippen molar-refractivity contribution >= 4 is 5.96 Å². The van der Waals surface area contributed by atoms with Crippen LogP contribution in [0.15, 0.2) is 41.4 Å². The zero-order valence-corrected chi connectivity index (χ0v) is 16.8. The van der Waals surface area contributed by atoms with E-state index in [1.165, 1.54) is 5.56 Å². The number of hydrogen-bond donors (Lipinski definition) is 2. The van der Waals surface area contributed by atoms with E-state index in [2.05, 4.69) is 40.7 Å². The highest BCUT2D eigenvalue weighted by molar-refractivity contribution is 5.79. The van der Waals surface area contributed by atoms with Gasteiger partial charge in [0, 0.05) is 31.3 Å². The van der Waals surface area contributed by atoms with Gasteiger partial charge in [-0.3, -0.25) is 4.99 Å². The van der Waals surface area contributed by atoms with Crippen molar-refractivity contribution in [3.05, 3.63) is 53.1 Å². The van der Waals surface area contributed by atoms with Gasteiger partial charge in [-0.15, -0.1) is 0 Å². The highest BCUT2D eigenvalue weighted by Gasteiger charge is 2.10. The van der Waals surface area contributed by atoms with Gasteiger partial charge in [0.05, 0.1) is 20.8 Å². The van der Waals surface area contributed by atoms with Crippen molar-refractivity contribution in [1.29, 1.82) is 0 Å². The first-order chi connectivity index (χ1) is 13.1. The standard InChI is InChI=1S/C21H29N3O3/c1-6-27-19-12-15(2)10-11-16(19)13-23-21(22-3)24-14-17-8-7-9-18(25-4)20(17)26-5/h7-12H,6,13-14H2,1-5H3,(H2,22,23,24). The van der Waals surface area contributed by atoms with Gasteiger partial charge in [0.15, 0.2) is 17.5 Å². The molecule has 0 bridgehead atoms. The SMILES string of the molecule is CCOc1cc(C)ccc1CNC(=NC)NCc1cccc(OC)c1OC. The number of rotatable bonds is 8. The second-order valence-corrected chi connectivity index (χ2v) is 5.98. The van der Waals surface area contributed by atoms with E-state index in [1.807, 2.05) is 25.1 Å². The summed E-state index contributed by atoms with van der Waals surface area (Å²) >= 11 is 0. The van der Waals surface area contributed by atoms with Crippen LogP contribution in [-0.2, 0) is 13.1 Å². The van der Waals surface area contributed by atoms with Crippen LogP contribution in [0.3, 0.4) is 0 Å². The zero-order chi connectivity index (χ0) is 19.6. The van der Waals surface area contributed by atoms with E-state index in [1.54, 1.807) is 21.3 Å². The number of aryl methyl sites for hydroxylation is 1. The van der Waals surface area contributed by atoms with Crippen LogP contribution in [0.1, 0.15) is 23.6 Å². The Morgan fingerprint density at radius 3 is 2.33 bits per heavy atom. The van der Waals surface area contributed by atoms with Crippen molar-refractivity contribution in [2.75, 3.05) is 27.9 Å². The summed E-state index contributed by atoms with van der Waals surface area (Å²) < 4.78 is 16.6. The third-order valence-electron chi connectivity index (χ3n) is 4.12. The molecule has 2 aromatic carbocycles. The summed E-state index contributed by atoms with van der Waals surface area (Å²) in [4.78, 5) is 4.29. The number of aliphatic imine (C=N–C) groups is 1. The molecule has 0 spiro atoms. The molecule has 0 saturated heterocycles. The fraction of sp³-hybridized carbons (Fsp3) is 0.381. The first-order valence-corrected chi connectivity index (χ1v) is 8.99. The lowest BCUT2D eigenvalue weighted by molar-refractivity contribution is 0.336. The van der Waals surface area contributed by atoms with Crippen molar-refractivity contribution in [2.45, 2.75) is 26.9 Å². The monoisotopic (exact) mass is 371 g/mol. The molecule has 0 aromatic heterocycles. The van der Waals surface area contributed by atoms with E-state index >= 15 is 0 Å². The molecule has 0 saturated carbocycles. The normalized spacial score (nSPS) is 11.1. The van der Waals surface area contributed by atoms with Gasteiger partial charge in [0.1, 0.15) is 5.75 Å². The van der Waals surface area contributed by atoms with Gasteiger partial charge in [-0.2, -0.15) is 0 Å². The lowest BCUT2D eigenvalue weighted by atomic mass is 10.1. The summed E-state index contributed by atoms with van der Waals surface area (Å²) in [6.07, 6.45) is 0. The van der Waals surface area contributed by atoms with Gasteiger partial charge in [-0.25, -0.2) is 0 Å². The Bertz CT molecular complexity index is 775. The molecule has 0 amide bonds. The number of hydrogen-bond acceptors (Lipinski definition) is 4. The summed E-state index contributed by atoms with van der Waals surface area (Å²) in [5, 5.41) is 6.63. The molecule has 146 valence electrons. The van der Waals surface area contributed by atoms with E-state index < -0.39 is 0 Å². The van der Waals surface area contributed by atoms with E-state index in [4.69, 9.17) is 14.2 Å². The number of nitrogens with zero attached hydrogens (tertiary/aromatic N) is 1. The molecule has 0 atom stereocenters. The second-order valence-electron chi connectivity index (χ2n) is 5.98. The Morgan fingerprint density at radius 2 is 1.70 bits per heavy atom. The molecule has 6 heteroatoms. The van der Waals surface area contributed by atoms with E-state index in [-0.39, 0.29) is 0 Å². The van der Waals surface area contributed by atoms with Gasteiger partial charge in [0.25, 0.3) is 0 Å². The molecule has 2 aromatic rings. The van der Waals surface area contributed by atoms with E-state index in [0.29, 0.717) is 31.4 Å². The Hall–Kier alpha value is -2.89. The van der Waals surface area contributed by atoms with Crippen LogP contribution in [0.25, 0.3) is 0 Å². The van der Waals surface area contributed by atoms with Crippen LogP contribution >= 0.6 is 0 Å². The Kier molecular flexibility index (Phi) is 7.79. The van der Waals surface area contributed by atoms with Crippen molar-refractivity contribution < 1.29 is 14.2 Å². The quantitative estimate of drug-likeness (QED) is 0.551. The van der Waals surface area contributed by atoms with Crippen LogP contribution in [0, 0.1) is 6.92 Å². The van der Waals surface area contributed by atoms with Crippen LogP contribution in [-0.4, -0.2) is 33.8 Å². The first-order valence-electron chi connectivity index (χ1n) is 8.99. The van der Waals surface area contributed by atoms with E-state index in [0.717, 1.165) is 22.6 Å². The van der Waals surface area contributed by atoms with Crippen molar-refractivity contribution in [3.8, 4) is 17.2 Å². The molecular formula is C21H29N3O3. The minimum absolute atomic E-state index is 0.562. The van der Waals surface area contributed by atoms with Gasteiger partial charge in [0.2, 0.25) is 0 Å². The zero-order valence-electron chi connectivity index (χ0n) is 16.8. The maximum Gasteiger partial charge on any atom is 0.191 e. The van der Waals surface area contributed by atoms with Crippen molar-refractivity contribution in [3.63, 3.8) is 0 Å². The van der Waals surface area contributed by atoms with Crippen molar-refractivity contribution in [1.82, 2.24) is 10.6 Å². The fourth-order valence-corrected chi connectivity index (χ4v) is 2.77.